The highest BCUT2D eigenvalue weighted by molar-refractivity contribution is 5.77. The summed E-state index contributed by atoms with van der Waals surface area (Å²) in [6, 6.07) is 17.3. The van der Waals surface area contributed by atoms with Crippen molar-refractivity contribution < 1.29 is 14.1 Å². The van der Waals surface area contributed by atoms with Gasteiger partial charge < -0.3 is 14.2 Å². The Morgan fingerprint density at radius 1 is 1.18 bits per heavy atom. The van der Waals surface area contributed by atoms with Gasteiger partial charge in [-0.15, -0.1) is 6.58 Å². The summed E-state index contributed by atoms with van der Waals surface area (Å²) in [7, 11) is 0. The van der Waals surface area contributed by atoms with Crippen LogP contribution in [0.5, 0.6) is 5.75 Å². The van der Waals surface area contributed by atoms with Crippen LogP contribution in [-0.4, -0.2) is 34.1 Å². The molecule has 1 heterocycles. The lowest BCUT2D eigenvalue weighted by Gasteiger charge is -2.19. The van der Waals surface area contributed by atoms with Crippen LogP contribution in [0, 0.1) is 0 Å². The van der Waals surface area contributed by atoms with E-state index in [1.165, 1.54) is 5.56 Å². The number of amides is 1. The second kappa shape index (κ2) is 9.50. The van der Waals surface area contributed by atoms with Gasteiger partial charge in [0, 0.05) is 12.1 Å². The predicted molar refractivity (Wildman–Crippen MR) is 107 cm³/mol. The van der Waals surface area contributed by atoms with Crippen LogP contribution in [0.1, 0.15) is 18.4 Å². The molecule has 0 spiro atoms. The molecule has 6 heteroatoms. The molecule has 1 amide bonds. The fraction of sp³-hybridized carbons (Fsp3) is 0.227. The number of carbonyl (C=O) groups excluding carboxylic acids is 1. The van der Waals surface area contributed by atoms with E-state index in [4.69, 9.17) is 9.26 Å². The number of hydrogen-bond donors (Lipinski definition) is 0. The first-order chi connectivity index (χ1) is 13.7. The van der Waals surface area contributed by atoms with E-state index in [0.717, 1.165) is 12.0 Å². The van der Waals surface area contributed by atoms with Gasteiger partial charge in [0.25, 0.3) is 5.91 Å². The van der Waals surface area contributed by atoms with Gasteiger partial charge in [-0.05, 0) is 24.1 Å². The smallest absolute Gasteiger partial charge is 0.261 e. The maximum atomic E-state index is 12.6. The Hall–Kier alpha value is -3.41. The molecule has 28 heavy (non-hydrogen) atoms. The SMILES string of the molecule is C=CCN(Cc1nc(-c2ccccc2)no1)C(=O)COc1ccc(CC)cc1. The van der Waals surface area contributed by atoms with Crippen molar-refractivity contribution in [3.63, 3.8) is 0 Å². The van der Waals surface area contributed by atoms with E-state index in [1.54, 1.807) is 11.0 Å². The van der Waals surface area contributed by atoms with Gasteiger partial charge in [-0.25, -0.2) is 0 Å². The molecule has 0 N–H and O–H groups in total. The van der Waals surface area contributed by atoms with Crippen LogP contribution in [-0.2, 0) is 17.8 Å². The van der Waals surface area contributed by atoms with Crippen molar-refractivity contribution in [1.29, 1.82) is 0 Å². The topological polar surface area (TPSA) is 68.5 Å². The van der Waals surface area contributed by atoms with Crippen LogP contribution in [0.3, 0.4) is 0 Å². The average Bonchev–Trinajstić information content (AvgIpc) is 3.21. The van der Waals surface area contributed by atoms with E-state index in [2.05, 4.69) is 23.6 Å². The van der Waals surface area contributed by atoms with Crippen molar-refractivity contribution in [3.8, 4) is 17.1 Å². The summed E-state index contributed by atoms with van der Waals surface area (Å²) in [6.07, 6.45) is 2.61. The number of hydrogen-bond acceptors (Lipinski definition) is 5. The molecular formula is C22H23N3O3. The zero-order valence-corrected chi connectivity index (χ0v) is 15.9. The van der Waals surface area contributed by atoms with Crippen molar-refractivity contribution in [2.45, 2.75) is 19.9 Å². The standard InChI is InChI=1S/C22H23N3O3/c1-3-14-25(21(26)16-27-19-12-10-17(4-2)11-13-19)15-20-23-22(24-28-20)18-8-6-5-7-9-18/h3,5-13H,1,4,14-16H2,2H3. The van der Waals surface area contributed by atoms with E-state index < -0.39 is 0 Å². The molecule has 0 aliphatic heterocycles. The monoisotopic (exact) mass is 377 g/mol. The van der Waals surface area contributed by atoms with Gasteiger partial charge in [-0.2, -0.15) is 4.98 Å². The first-order valence-electron chi connectivity index (χ1n) is 9.18. The zero-order chi connectivity index (χ0) is 19.8. The number of ether oxygens (including phenoxy) is 1. The Balaban J connectivity index is 1.61. The summed E-state index contributed by atoms with van der Waals surface area (Å²) in [4.78, 5) is 18.5. The Labute approximate surface area is 164 Å². The molecule has 6 nitrogen and oxygen atoms in total. The summed E-state index contributed by atoms with van der Waals surface area (Å²) < 4.78 is 10.9. The lowest BCUT2D eigenvalue weighted by Crippen LogP contribution is -2.34. The quantitative estimate of drug-likeness (QED) is 0.529. The van der Waals surface area contributed by atoms with E-state index in [-0.39, 0.29) is 19.1 Å². The summed E-state index contributed by atoms with van der Waals surface area (Å²) >= 11 is 0. The number of aromatic nitrogens is 2. The van der Waals surface area contributed by atoms with Gasteiger partial charge >= 0.3 is 0 Å². The molecule has 0 aliphatic carbocycles. The summed E-state index contributed by atoms with van der Waals surface area (Å²) in [6.45, 7) is 6.29. The van der Waals surface area contributed by atoms with Crippen LogP contribution >= 0.6 is 0 Å². The maximum Gasteiger partial charge on any atom is 0.261 e. The fourth-order valence-corrected chi connectivity index (χ4v) is 2.65. The third kappa shape index (κ3) is 5.07. The van der Waals surface area contributed by atoms with Gasteiger partial charge in [-0.3, -0.25) is 4.79 Å². The molecule has 0 fully saturated rings. The Morgan fingerprint density at radius 2 is 1.93 bits per heavy atom. The number of nitrogens with zero attached hydrogens (tertiary/aromatic N) is 3. The molecule has 0 unspecified atom stereocenters. The minimum Gasteiger partial charge on any atom is -0.484 e. The second-order valence-corrected chi connectivity index (χ2v) is 6.23. The van der Waals surface area contributed by atoms with Crippen molar-refractivity contribution in [2.24, 2.45) is 0 Å². The highest BCUT2D eigenvalue weighted by Gasteiger charge is 2.18. The highest BCUT2D eigenvalue weighted by Crippen LogP contribution is 2.16. The van der Waals surface area contributed by atoms with Crippen molar-refractivity contribution in [2.75, 3.05) is 13.2 Å². The highest BCUT2D eigenvalue weighted by atomic mass is 16.5. The summed E-state index contributed by atoms with van der Waals surface area (Å²) in [5.41, 5.74) is 2.08. The molecule has 144 valence electrons. The number of rotatable bonds is 9. The predicted octanol–water partition coefficient (Wildman–Crippen LogP) is 3.89. The Kier molecular flexibility index (Phi) is 6.57. The van der Waals surface area contributed by atoms with E-state index >= 15 is 0 Å². The Morgan fingerprint density at radius 3 is 2.61 bits per heavy atom. The number of aryl methyl sites for hydroxylation is 1. The van der Waals surface area contributed by atoms with E-state index in [0.29, 0.717) is 24.0 Å². The largest absolute Gasteiger partial charge is 0.484 e. The molecule has 0 atom stereocenters. The molecule has 0 saturated carbocycles. The molecule has 3 aromatic rings. The fourth-order valence-electron chi connectivity index (χ4n) is 2.65. The third-order valence-electron chi connectivity index (χ3n) is 4.22. The first kappa shape index (κ1) is 19.4. The van der Waals surface area contributed by atoms with Gasteiger partial charge in [-0.1, -0.05) is 60.6 Å². The van der Waals surface area contributed by atoms with Gasteiger partial charge in [0.15, 0.2) is 6.61 Å². The average molecular weight is 377 g/mol. The minimum absolute atomic E-state index is 0.0704. The lowest BCUT2D eigenvalue weighted by molar-refractivity contribution is -0.133. The molecule has 1 aromatic heterocycles. The molecule has 0 aliphatic rings. The molecule has 3 rings (SSSR count). The molecule has 0 radical (unpaired) electrons. The van der Waals surface area contributed by atoms with E-state index in [9.17, 15) is 4.79 Å². The molecular weight excluding hydrogens is 354 g/mol. The normalized spacial score (nSPS) is 10.5. The van der Waals surface area contributed by atoms with Gasteiger partial charge in [0.1, 0.15) is 12.3 Å². The van der Waals surface area contributed by atoms with Crippen LogP contribution in [0.2, 0.25) is 0 Å². The summed E-state index contributed by atoms with van der Waals surface area (Å²) in [5.74, 6) is 1.34. The lowest BCUT2D eigenvalue weighted by atomic mass is 10.2. The number of carbonyl (C=O) groups is 1. The minimum atomic E-state index is -0.182. The van der Waals surface area contributed by atoms with Gasteiger partial charge in [0.2, 0.25) is 11.7 Å². The molecule has 2 aromatic carbocycles. The third-order valence-corrected chi connectivity index (χ3v) is 4.22. The van der Waals surface area contributed by atoms with Crippen molar-refractivity contribution in [1.82, 2.24) is 15.0 Å². The van der Waals surface area contributed by atoms with Crippen molar-refractivity contribution in [3.05, 3.63) is 78.7 Å². The maximum absolute atomic E-state index is 12.6. The number of benzene rings is 2. The summed E-state index contributed by atoms with van der Waals surface area (Å²) in [5, 5.41) is 3.99. The van der Waals surface area contributed by atoms with Gasteiger partial charge in [0.05, 0.1) is 0 Å². The van der Waals surface area contributed by atoms with Crippen LogP contribution in [0.15, 0.2) is 71.8 Å². The second-order valence-electron chi connectivity index (χ2n) is 6.23. The first-order valence-corrected chi connectivity index (χ1v) is 9.18. The van der Waals surface area contributed by atoms with E-state index in [1.807, 2.05) is 54.6 Å². The van der Waals surface area contributed by atoms with Crippen molar-refractivity contribution >= 4 is 5.91 Å². The van der Waals surface area contributed by atoms with Crippen LogP contribution in [0.25, 0.3) is 11.4 Å². The molecule has 0 bridgehead atoms. The Bertz CT molecular complexity index is 904. The molecule has 0 saturated heterocycles. The van der Waals surface area contributed by atoms with Crippen LogP contribution in [0.4, 0.5) is 0 Å². The van der Waals surface area contributed by atoms with Crippen LogP contribution < -0.4 is 4.74 Å². The zero-order valence-electron chi connectivity index (χ0n) is 15.9.